The fourth-order valence-corrected chi connectivity index (χ4v) is 3.34. The molecule has 1 aliphatic rings. The van der Waals surface area contributed by atoms with Gasteiger partial charge in [0.1, 0.15) is 0 Å². The second-order valence-corrected chi connectivity index (χ2v) is 6.28. The minimum Gasteiger partial charge on any atom is -0.481 e. The molecule has 0 aromatic heterocycles. The Labute approximate surface area is 105 Å². The average Bonchev–Trinajstić information content (AvgIpc) is 2.15. The van der Waals surface area contributed by atoms with Crippen molar-refractivity contribution in [2.75, 3.05) is 14.1 Å². The first-order chi connectivity index (χ1) is 7.85. The van der Waals surface area contributed by atoms with Crippen LogP contribution in [-0.4, -0.2) is 35.6 Å². The summed E-state index contributed by atoms with van der Waals surface area (Å²) in [6, 6.07) is 0. The van der Waals surface area contributed by atoms with Gasteiger partial charge >= 0.3 is 5.97 Å². The van der Waals surface area contributed by atoms with Crippen LogP contribution in [0.4, 0.5) is 0 Å². The van der Waals surface area contributed by atoms with E-state index in [0.29, 0.717) is 11.8 Å². The normalized spacial score (nSPS) is 29.9. The Morgan fingerprint density at radius 3 is 2.59 bits per heavy atom. The Balaban J connectivity index is 2.72. The number of hydrogen-bond donors (Lipinski definition) is 1. The van der Waals surface area contributed by atoms with Crippen molar-refractivity contribution >= 4 is 5.97 Å². The van der Waals surface area contributed by atoms with E-state index in [1.165, 1.54) is 19.3 Å². The molecule has 0 bridgehead atoms. The van der Waals surface area contributed by atoms with Gasteiger partial charge in [-0.15, -0.1) is 0 Å². The van der Waals surface area contributed by atoms with Crippen molar-refractivity contribution in [2.45, 2.75) is 57.9 Å². The summed E-state index contributed by atoms with van der Waals surface area (Å²) >= 11 is 0. The van der Waals surface area contributed by atoms with E-state index in [9.17, 15) is 4.79 Å². The first-order valence-electron chi connectivity index (χ1n) is 6.75. The van der Waals surface area contributed by atoms with E-state index in [0.717, 1.165) is 12.8 Å². The lowest BCUT2D eigenvalue weighted by Gasteiger charge is -2.45. The van der Waals surface area contributed by atoms with Crippen LogP contribution < -0.4 is 0 Å². The molecule has 0 spiro atoms. The summed E-state index contributed by atoms with van der Waals surface area (Å²) in [5.74, 6) is 0.747. The lowest BCUT2D eigenvalue weighted by Crippen LogP contribution is -2.49. The molecule has 17 heavy (non-hydrogen) atoms. The molecule has 1 N–H and O–H groups in total. The molecule has 0 aromatic carbocycles. The lowest BCUT2D eigenvalue weighted by atomic mass is 9.71. The van der Waals surface area contributed by atoms with Crippen molar-refractivity contribution in [3.05, 3.63) is 0 Å². The molecule has 3 heteroatoms. The van der Waals surface area contributed by atoms with E-state index < -0.39 is 5.97 Å². The predicted octanol–water partition coefficient (Wildman–Crippen LogP) is 3.00. The highest BCUT2D eigenvalue weighted by atomic mass is 16.4. The van der Waals surface area contributed by atoms with Crippen molar-refractivity contribution < 1.29 is 9.90 Å². The molecule has 1 fully saturated rings. The summed E-state index contributed by atoms with van der Waals surface area (Å²) in [5, 5.41) is 9.12. The number of nitrogens with zero attached hydrogens (tertiary/aromatic N) is 1. The summed E-state index contributed by atoms with van der Waals surface area (Å²) in [6.45, 7) is 4.51. The van der Waals surface area contributed by atoms with Crippen LogP contribution >= 0.6 is 0 Å². The second-order valence-electron chi connectivity index (χ2n) is 6.28. The number of carboxylic acid groups (broad SMARTS) is 1. The van der Waals surface area contributed by atoms with Gasteiger partial charge in [0.15, 0.2) is 0 Å². The highest BCUT2D eigenvalue weighted by Crippen LogP contribution is 2.40. The standard InChI is InChI=1S/C14H27NO2/c1-11(2)8-12-6-5-7-14(9-12,15(3)4)10-13(16)17/h11-12H,5-10H2,1-4H3,(H,16,17). The fraction of sp³-hybridized carbons (Fsp3) is 0.929. The molecule has 0 radical (unpaired) electrons. The van der Waals surface area contributed by atoms with Gasteiger partial charge in [-0.05, 0) is 45.2 Å². The molecule has 0 heterocycles. The quantitative estimate of drug-likeness (QED) is 0.804. The van der Waals surface area contributed by atoms with E-state index in [1.54, 1.807) is 0 Å². The van der Waals surface area contributed by atoms with E-state index in [4.69, 9.17) is 5.11 Å². The predicted molar refractivity (Wildman–Crippen MR) is 70.1 cm³/mol. The van der Waals surface area contributed by atoms with E-state index in [-0.39, 0.29) is 12.0 Å². The van der Waals surface area contributed by atoms with Gasteiger partial charge in [0.25, 0.3) is 0 Å². The molecule has 0 saturated heterocycles. The monoisotopic (exact) mass is 241 g/mol. The zero-order valence-corrected chi connectivity index (χ0v) is 11.7. The van der Waals surface area contributed by atoms with Crippen molar-refractivity contribution in [3.63, 3.8) is 0 Å². The molecule has 0 aromatic rings. The van der Waals surface area contributed by atoms with Crippen molar-refractivity contribution in [3.8, 4) is 0 Å². The molecule has 0 amide bonds. The summed E-state index contributed by atoms with van der Waals surface area (Å²) in [4.78, 5) is 13.2. The Bertz CT molecular complexity index is 263. The zero-order valence-electron chi connectivity index (χ0n) is 11.7. The van der Waals surface area contributed by atoms with E-state index in [1.807, 2.05) is 14.1 Å². The number of carbonyl (C=O) groups is 1. The zero-order chi connectivity index (χ0) is 13.1. The van der Waals surface area contributed by atoms with Gasteiger partial charge in [-0.25, -0.2) is 0 Å². The van der Waals surface area contributed by atoms with Gasteiger partial charge in [0, 0.05) is 5.54 Å². The van der Waals surface area contributed by atoms with Crippen LogP contribution in [0.5, 0.6) is 0 Å². The first-order valence-corrected chi connectivity index (χ1v) is 6.75. The molecular weight excluding hydrogens is 214 g/mol. The topological polar surface area (TPSA) is 40.5 Å². The fourth-order valence-electron chi connectivity index (χ4n) is 3.34. The summed E-state index contributed by atoms with van der Waals surface area (Å²) in [5.41, 5.74) is -0.107. The first kappa shape index (κ1) is 14.5. The van der Waals surface area contributed by atoms with Crippen molar-refractivity contribution in [1.82, 2.24) is 4.90 Å². The van der Waals surface area contributed by atoms with Crippen LogP contribution in [0.3, 0.4) is 0 Å². The number of carboxylic acids is 1. The average molecular weight is 241 g/mol. The van der Waals surface area contributed by atoms with Crippen LogP contribution in [0.2, 0.25) is 0 Å². The third-order valence-electron chi connectivity index (χ3n) is 4.16. The molecule has 100 valence electrons. The molecule has 0 aliphatic heterocycles. The van der Waals surface area contributed by atoms with Gasteiger partial charge in [-0.1, -0.05) is 26.7 Å². The van der Waals surface area contributed by atoms with E-state index >= 15 is 0 Å². The smallest absolute Gasteiger partial charge is 0.305 e. The van der Waals surface area contributed by atoms with E-state index in [2.05, 4.69) is 18.7 Å². The van der Waals surface area contributed by atoms with Crippen LogP contribution in [0.1, 0.15) is 52.4 Å². The third-order valence-corrected chi connectivity index (χ3v) is 4.16. The van der Waals surface area contributed by atoms with Gasteiger partial charge in [-0.2, -0.15) is 0 Å². The molecular formula is C14H27NO2. The summed E-state index contributed by atoms with van der Waals surface area (Å²) in [6.07, 6.45) is 6.03. The summed E-state index contributed by atoms with van der Waals surface area (Å²) in [7, 11) is 4.06. The SMILES string of the molecule is CC(C)CC1CCCC(CC(=O)O)(N(C)C)C1. The molecule has 1 aliphatic carbocycles. The number of aliphatic carboxylic acids is 1. The van der Waals surface area contributed by atoms with Crippen molar-refractivity contribution in [1.29, 1.82) is 0 Å². The lowest BCUT2D eigenvalue weighted by molar-refractivity contribution is -0.141. The Morgan fingerprint density at radius 1 is 1.47 bits per heavy atom. The maximum atomic E-state index is 11.1. The maximum absolute atomic E-state index is 11.1. The molecule has 1 saturated carbocycles. The molecule has 2 unspecified atom stereocenters. The van der Waals surface area contributed by atoms with Gasteiger partial charge in [0.05, 0.1) is 6.42 Å². The number of rotatable bonds is 5. The van der Waals surface area contributed by atoms with Gasteiger partial charge in [0.2, 0.25) is 0 Å². The Morgan fingerprint density at radius 2 is 2.12 bits per heavy atom. The Kier molecular flexibility index (Phi) is 4.99. The molecule has 2 atom stereocenters. The maximum Gasteiger partial charge on any atom is 0.305 e. The minimum absolute atomic E-state index is 0.107. The van der Waals surface area contributed by atoms with Crippen LogP contribution in [0.25, 0.3) is 0 Å². The third kappa shape index (κ3) is 3.98. The highest BCUT2D eigenvalue weighted by molar-refractivity contribution is 5.68. The molecule has 1 rings (SSSR count). The number of hydrogen-bond acceptors (Lipinski definition) is 2. The Hall–Kier alpha value is -0.570. The molecule has 3 nitrogen and oxygen atoms in total. The van der Waals surface area contributed by atoms with Gasteiger partial charge < -0.3 is 10.0 Å². The second kappa shape index (κ2) is 5.85. The van der Waals surface area contributed by atoms with Crippen LogP contribution in [0.15, 0.2) is 0 Å². The van der Waals surface area contributed by atoms with Crippen molar-refractivity contribution in [2.24, 2.45) is 11.8 Å². The summed E-state index contributed by atoms with van der Waals surface area (Å²) < 4.78 is 0. The largest absolute Gasteiger partial charge is 0.481 e. The minimum atomic E-state index is -0.663. The van der Waals surface area contributed by atoms with Gasteiger partial charge in [-0.3, -0.25) is 4.79 Å². The van der Waals surface area contributed by atoms with Crippen LogP contribution in [0, 0.1) is 11.8 Å². The van der Waals surface area contributed by atoms with Crippen LogP contribution in [-0.2, 0) is 4.79 Å². The highest BCUT2D eigenvalue weighted by Gasteiger charge is 2.39.